The minimum Gasteiger partial charge on any atom is -0.480 e. The molecule has 0 saturated heterocycles. The van der Waals surface area contributed by atoms with E-state index >= 15 is 0 Å². The van der Waals surface area contributed by atoms with Gasteiger partial charge in [0.2, 0.25) is 11.8 Å². The monoisotopic (exact) mass is 286 g/mol. The second-order valence-corrected chi connectivity index (χ2v) is 5.06. The molecular formula is C13H22N2O5. The number of ketones is 1. The van der Waals surface area contributed by atoms with Crippen molar-refractivity contribution in [2.24, 2.45) is 5.92 Å². The van der Waals surface area contributed by atoms with E-state index in [0.717, 1.165) is 0 Å². The molecule has 0 aromatic heterocycles. The van der Waals surface area contributed by atoms with E-state index in [1.54, 1.807) is 13.8 Å². The molecular weight excluding hydrogens is 264 g/mol. The number of amides is 2. The normalized spacial score (nSPS) is 13.4. The summed E-state index contributed by atoms with van der Waals surface area (Å²) < 4.78 is 0. The molecule has 0 saturated carbocycles. The number of aliphatic carboxylic acids is 1. The molecule has 2 unspecified atom stereocenters. The fourth-order valence-corrected chi connectivity index (χ4v) is 1.63. The number of carboxylic acids is 1. The molecule has 7 nitrogen and oxygen atoms in total. The van der Waals surface area contributed by atoms with Gasteiger partial charge in [0.25, 0.3) is 0 Å². The summed E-state index contributed by atoms with van der Waals surface area (Å²) in [4.78, 5) is 45.1. The van der Waals surface area contributed by atoms with Gasteiger partial charge in [-0.2, -0.15) is 0 Å². The maximum absolute atomic E-state index is 12.0. The third-order valence-electron chi connectivity index (χ3n) is 2.71. The van der Waals surface area contributed by atoms with Crippen molar-refractivity contribution in [3.63, 3.8) is 0 Å². The van der Waals surface area contributed by atoms with Crippen LogP contribution in [0.25, 0.3) is 0 Å². The Bertz CT molecular complexity index is 392. The molecule has 114 valence electrons. The SMILES string of the molecule is CC(=O)CCC(NC(C)=O)C(=O)NC(C(=O)O)C(C)C. The number of carbonyl (C=O) groups excluding carboxylic acids is 3. The lowest BCUT2D eigenvalue weighted by Crippen LogP contribution is -2.52. The predicted molar refractivity (Wildman–Crippen MR) is 71.9 cm³/mol. The molecule has 0 fully saturated rings. The van der Waals surface area contributed by atoms with Crippen LogP contribution in [0, 0.1) is 5.92 Å². The van der Waals surface area contributed by atoms with E-state index in [0.29, 0.717) is 0 Å². The highest BCUT2D eigenvalue weighted by atomic mass is 16.4. The van der Waals surface area contributed by atoms with E-state index in [-0.39, 0.29) is 24.5 Å². The molecule has 0 radical (unpaired) electrons. The molecule has 2 amide bonds. The Morgan fingerprint density at radius 1 is 1.05 bits per heavy atom. The van der Waals surface area contributed by atoms with Gasteiger partial charge in [0, 0.05) is 13.3 Å². The molecule has 0 aliphatic heterocycles. The van der Waals surface area contributed by atoms with Crippen molar-refractivity contribution in [3.8, 4) is 0 Å². The number of carbonyl (C=O) groups is 4. The summed E-state index contributed by atoms with van der Waals surface area (Å²) in [7, 11) is 0. The highest BCUT2D eigenvalue weighted by Gasteiger charge is 2.27. The van der Waals surface area contributed by atoms with Gasteiger partial charge in [0.15, 0.2) is 0 Å². The van der Waals surface area contributed by atoms with Gasteiger partial charge >= 0.3 is 5.97 Å². The Hall–Kier alpha value is -1.92. The number of rotatable bonds is 8. The van der Waals surface area contributed by atoms with E-state index in [9.17, 15) is 19.2 Å². The Morgan fingerprint density at radius 3 is 1.95 bits per heavy atom. The molecule has 0 aliphatic rings. The molecule has 0 spiro atoms. The van der Waals surface area contributed by atoms with Gasteiger partial charge in [-0.05, 0) is 19.3 Å². The van der Waals surface area contributed by atoms with E-state index in [4.69, 9.17) is 5.11 Å². The summed E-state index contributed by atoms with van der Waals surface area (Å²) in [5, 5.41) is 13.8. The van der Waals surface area contributed by atoms with Crippen molar-refractivity contribution >= 4 is 23.6 Å². The van der Waals surface area contributed by atoms with Crippen LogP contribution in [-0.4, -0.2) is 40.8 Å². The summed E-state index contributed by atoms with van der Waals surface area (Å²) >= 11 is 0. The molecule has 3 N–H and O–H groups in total. The van der Waals surface area contributed by atoms with E-state index in [2.05, 4.69) is 10.6 Å². The number of hydrogen-bond acceptors (Lipinski definition) is 4. The summed E-state index contributed by atoms with van der Waals surface area (Å²) in [5.41, 5.74) is 0. The molecule has 0 aromatic carbocycles. The number of carboxylic acid groups (broad SMARTS) is 1. The molecule has 20 heavy (non-hydrogen) atoms. The summed E-state index contributed by atoms with van der Waals surface area (Å²) in [6, 6.07) is -1.94. The lowest BCUT2D eigenvalue weighted by atomic mass is 10.0. The van der Waals surface area contributed by atoms with Crippen LogP contribution in [0.5, 0.6) is 0 Å². The van der Waals surface area contributed by atoms with Crippen LogP contribution in [0.1, 0.15) is 40.5 Å². The third kappa shape index (κ3) is 6.86. The highest BCUT2D eigenvalue weighted by Crippen LogP contribution is 2.05. The van der Waals surface area contributed by atoms with Gasteiger partial charge in [-0.3, -0.25) is 9.59 Å². The molecule has 2 atom stereocenters. The largest absolute Gasteiger partial charge is 0.480 e. The Labute approximate surface area is 118 Å². The number of hydrogen-bond donors (Lipinski definition) is 3. The first-order valence-electron chi connectivity index (χ1n) is 6.44. The van der Waals surface area contributed by atoms with E-state index in [1.807, 2.05) is 0 Å². The molecule has 0 rings (SSSR count). The maximum Gasteiger partial charge on any atom is 0.326 e. The molecule has 0 bridgehead atoms. The topological polar surface area (TPSA) is 113 Å². The second-order valence-electron chi connectivity index (χ2n) is 5.06. The minimum absolute atomic E-state index is 0.105. The van der Waals surface area contributed by atoms with Crippen LogP contribution in [0.15, 0.2) is 0 Å². The lowest BCUT2D eigenvalue weighted by Gasteiger charge is -2.22. The van der Waals surface area contributed by atoms with Crippen LogP contribution in [0.2, 0.25) is 0 Å². The average molecular weight is 286 g/mol. The second kappa shape index (κ2) is 8.29. The Kier molecular flexibility index (Phi) is 7.49. The van der Waals surface area contributed by atoms with Gasteiger partial charge in [0.05, 0.1) is 0 Å². The zero-order valence-corrected chi connectivity index (χ0v) is 12.2. The first-order chi connectivity index (χ1) is 9.15. The first-order valence-corrected chi connectivity index (χ1v) is 6.44. The first kappa shape index (κ1) is 18.1. The van der Waals surface area contributed by atoms with Crippen molar-refractivity contribution in [2.45, 2.75) is 52.6 Å². The number of nitrogens with one attached hydrogen (secondary N) is 2. The standard InChI is InChI=1S/C13H22N2O5/c1-7(2)11(13(19)20)15-12(18)10(14-9(4)17)6-5-8(3)16/h7,10-11H,5-6H2,1-4H3,(H,14,17)(H,15,18)(H,19,20). The van der Waals surface area contributed by atoms with Gasteiger partial charge in [-0.15, -0.1) is 0 Å². The fourth-order valence-electron chi connectivity index (χ4n) is 1.63. The summed E-state index contributed by atoms with van der Waals surface area (Å²) in [6.45, 7) is 5.98. The minimum atomic E-state index is -1.14. The fraction of sp³-hybridized carbons (Fsp3) is 0.692. The summed E-state index contributed by atoms with van der Waals surface area (Å²) in [6.07, 6.45) is 0.281. The van der Waals surface area contributed by atoms with E-state index in [1.165, 1.54) is 13.8 Å². The van der Waals surface area contributed by atoms with Crippen LogP contribution in [-0.2, 0) is 19.2 Å². The van der Waals surface area contributed by atoms with E-state index < -0.39 is 29.9 Å². The molecule has 0 aromatic rings. The van der Waals surface area contributed by atoms with Crippen molar-refractivity contribution in [1.82, 2.24) is 10.6 Å². The van der Waals surface area contributed by atoms with Gasteiger partial charge in [0.1, 0.15) is 17.9 Å². The van der Waals surface area contributed by atoms with Crippen LogP contribution < -0.4 is 10.6 Å². The van der Waals surface area contributed by atoms with Gasteiger partial charge < -0.3 is 20.5 Å². The average Bonchev–Trinajstić information content (AvgIpc) is 2.29. The zero-order valence-electron chi connectivity index (χ0n) is 12.2. The van der Waals surface area contributed by atoms with Crippen LogP contribution in [0.3, 0.4) is 0 Å². The number of Topliss-reactive ketones (excluding diaryl/α,β-unsaturated/α-hetero) is 1. The molecule has 0 heterocycles. The van der Waals surface area contributed by atoms with Crippen LogP contribution in [0.4, 0.5) is 0 Å². The lowest BCUT2D eigenvalue weighted by molar-refractivity contribution is -0.143. The van der Waals surface area contributed by atoms with Gasteiger partial charge in [-0.1, -0.05) is 13.8 Å². The predicted octanol–water partition coefficient (Wildman–Crippen LogP) is 0.0857. The van der Waals surface area contributed by atoms with Gasteiger partial charge in [-0.25, -0.2) is 4.79 Å². The van der Waals surface area contributed by atoms with Crippen LogP contribution >= 0.6 is 0 Å². The molecule has 7 heteroatoms. The highest BCUT2D eigenvalue weighted by molar-refractivity contribution is 5.90. The maximum atomic E-state index is 12.0. The van der Waals surface area contributed by atoms with Crippen molar-refractivity contribution in [3.05, 3.63) is 0 Å². The smallest absolute Gasteiger partial charge is 0.326 e. The third-order valence-corrected chi connectivity index (χ3v) is 2.71. The zero-order chi connectivity index (χ0) is 15.9. The molecule has 0 aliphatic carbocycles. The summed E-state index contributed by atoms with van der Waals surface area (Å²) in [5.74, 6) is -2.54. The Morgan fingerprint density at radius 2 is 1.60 bits per heavy atom. The van der Waals surface area contributed by atoms with Crippen molar-refractivity contribution in [1.29, 1.82) is 0 Å². The van der Waals surface area contributed by atoms with Crippen molar-refractivity contribution in [2.75, 3.05) is 0 Å². The van der Waals surface area contributed by atoms with Crippen molar-refractivity contribution < 1.29 is 24.3 Å². The quantitative estimate of drug-likeness (QED) is 0.585. The Balaban J connectivity index is 4.79.